The first-order valence-corrected chi connectivity index (χ1v) is 8.91. The molecule has 0 heterocycles. The van der Waals surface area contributed by atoms with Crippen molar-refractivity contribution in [3.05, 3.63) is 59.2 Å². The summed E-state index contributed by atoms with van der Waals surface area (Å²) < 4.78 is 27.6. The minimum atomic E-state index is -3.60. The van der Waals surface area contributed by atoms with Crippen molar-refractivity contribution in [2.75, 3.05) is 4.72 Å². The molecule has 0 fully saturated rings. The maximum atomic E-state index is 12.5. The number of anilines is 1. The predicted molar refractivity (Wildman–Crippen MR) is 86.3 cm³/mol. The molecule has 22 heavy (non-hydrogen) atoms. The molecule has 0 bridgehead atoms. The summed E-state index contributed by atoms with van der Waals surface area (Å²) in [4.78, 5) is 0.294. The van der Waals surface area contributed by atoms with Gasteiger partial charge in [-0.3, -0.25) is 4.72 Å². The van der Waals surface area contributed by atoms with E-state index in [0.717, 1.165) is 24.8 Å². The number of fused-ring (bicyclic) bond motifs is 1. The van der Waals surface area contributed by atoms with Crippen LogP contribution in [0, 0.1) is 0 Å². The molecule has 2 aromatic rings. The van der Waals surface area contributed by atoms with Crippen LogP contribution >= 0.6 is 0 Å². The van der Waals surface area contributed by atoms with E-state index in [1.54, 1.807) is 36.4 Å². The van der Waals surface area contributed by atoms with Crippen molar-refractivity contribution < 1.29 is 13.5 Å². The summed E-state index contributed by atoms with van der Waals surface area (Å²) in [5.41, 5.74) is 3.53. The normalized spacial score (nSPS) is 14.4. The minimum absolute atomic E-state index is 0.117. The zero-order valence-corrected chi connectivity index (χ0v) is 13.1. The molecule has 0 aromatic heterocycles. The highest BCUT2D eigenvalue weighted by atomic mass is 32.2. The smallest absolute Gasteiger partial charge is 0.261 e. The summed E-state index contributed by atoms with van der Waals surface area (Å²) in [6, 6.07) is 12.2. The molecule has 0 radical (unpaired) electrons. The number of nitrogens with one attached hydrogen (secondary N) is 1. The Hall–Kier alpha value is -1.85. The molecule has 116 valence electrons. The van der Waals surface area contributed by atoms with E-state index >= 15 is 0 Å². The Kier molecular flexibility index (Phi) is 4.18. The molecule has 0 atom stereocenters. The van der Waals surface area contributed by atoms with E-state index in [1.807, 2.05) is 6.07 Å². The molecule has 5 heteroatoms. The first-order valence-electron chi connectivity index (χ1n) is 7.43. The van der Waals surface area contributed by atoms with E-state index in [1.165, 1.54) is 12.0 Å². The Balaban J connectivity index is 1.89. The van der Waals surface area contributed by atoms with E-state index < -0.39 is 10.0 Å². The standard InChI is InChI=1S/C17H19NO3S/c19-12-13-4-3-7-16(10-13)18-22(20,21)17-9-8-14-5-1-2-6-15(14)11-17/h3-4,7-11,18-19H,1-2,5-6,12H2. The third-order valence-corrected chi connectivity index (χ3v) is 5.37. The van der Waals surface area contributed by atoms with Gasteiger partial charge >= 0.3 is 0 Å². The van der Waals surface area contributed by atoms with Gasteiger partial charge in [0.15, 0.2) is 0 Å². The third-order valence-electron chi connectivity index (χ3n) is 3.99. The number of hydrogen-bond donors (Lipinski definition) is 2. The van der Waals surface area contributed by atoms with Crippen LogP contribution < -0.4 is 4.72 Å². The van der Waals surface area contributed by atoms with Crippen molar-refractivity contribution in [3.8, 4) is 0 Å². The predicted octanol–water partition coefficient (Wildman–Crippen LogP) is 2.86. The zero-order chi connectivity index (χ0) is 15.6. The van der Waals surface area contributed by atoms with Gasteiger partial charge in [-0.2, -0.15) is 0 Å². The molecule has 0 saturated heterocycles. The Bertz CT molecular complexity index is 784. The molecule has 0 aliphatic heterocycles. The van der Waals surface area contributed by atoms with Crippen LogP contribution in [0.4, 0.5) is 5.69 Å². The van der Waals surface area contributed by atoms with Crippen molar-refractivity contribution in [1.29, 1.82) is 0 Å². The summed E-state index contributed by atoms with van der Waals surface area (Å²) in [5, 5.41) is 9.13. The second-order valence-electron chi connectivity index (χ2n) is 5.60. The molecular weight excluding hydrogens is 298 g/mol. The van der Waals surface area contributed by atoms with Gasteiger partial charge in [0.25, 0.3) is 10.0 Å². The summed E-state index contributed by atoms with van der Waals surface area (Å²) in [6.45, 7) is -0.117. The van der Waals surface area contributed by atoms with Gasteiger partial charge in [-0.1, -0.05) is 18.2 Å². The molecule has 2 aromatic carbocycles. The van der Waals surface area contributed by atoms with Crippen molar-refractivity contribution in [2.45, 2.75) is 37.2 Å². The van der Waals surface area contributed by atoms with Crippen LogP contribution in [0.5, 0.6) is 0 Å². The number of hydrogen-bond acceptors (Lipinski definition) is 3. The summed E-state index contributed by atoms with van der Waals surface area (Å²) in [6.07, 6.45) is 4.26. The highest BCUT2D eigenvalue weighted by Gasteiger charge is 2.17. The van der Waals surface area contributed by atoms with Gasteiger partial charge in [-0.15, -0.1) is 0 Å². The largest absolute Gasteiger partial charge is 0.392 e. The molecule has 4 nitrogen and oxygen atoms in total. The fourth-order valence-corrected chi connectivity index (χ4v) is 3.92. The molecule has 3 rings (SSSR count). The first kappa shape index (κ1) is 15.1. The minimum Gasteiger partial charge on any atom is -0.392 e. The Morgan fingerprint density at radius 2 is 1.77 bits per heavy atom. The number of rotatable bonds is 4. The average molecular weight is 317 g/mol. The Morgan fingerprint density at radius 3 is 2.55 bits per heavy atom. The molecule has 0 spiro atoms. The van der Waals surface area contributed by atoms with Crippen LogP contribution in [0.2, 0.25) is 0 Å². The number of aryl methyl sites for hydroxylation is 2. The second-order valence-corrected chi connectivity index (χ2v) is 7.28. The molecule has 0 amide bonds. The van der Waals surface area contributed by atoms with E-state index in [9.17, 15) is 8.42 Å². The maximum absolute atomic E-state index is 12.5. The summed E-state index contributed by atoms with van der Waals surface area (Å²) in [5.74, 6) is 0. The maximum Gasteiger partial charge on any atom is 0.261 e. The van der Waals surface area contributed by atoms with Crippen LogP contribution in [0.25, 0.3) is 0 Å². The summed E-state index contributed by atoms with van der Waals surface area (Å²) in [7, 11) is -3.60. The van der Waals surface area contributed by atoms with E-state index in [0.29, 0.717) is 16.1 Å². The van der Waals surface area contributed by atoms with Crippen LogP contribution in [0.15, 0.2) is 47.4 Å². The monoisotopic (exact) mass is 317 g/mol. The Morgan fingerprint density at radius 1 is 1.00 bits per heavy atom. The van der Waals surface area contributed by atoms with Crippen molar-refractivity contribution in [3.63, 3.8) is 0 Å². The lowest BCUT2D eigenvalue weighted by molar-refractivity contribution is 0.282. The van der Waals surface area contributed by atoms with Gasteiger partial charge in [0.1, 0.15) is 0 Å². The van der Waals surface area contributed by atoms with Gasteiger partial charge in [0.05, 0.1) is 11.5 Å². The van der Waals surface area contributed by atoms with E-state index in [2.05, 4.69) is 4.72 Å². The quantitative estimate of drug-likeness (QED) is 0.911. The number of benzene rings is 2. The van der Waals surface area contributed by atoms with E-state index in [-0.39, 0.29) is 6.61 Å². The lowest BCUT2D eigenvalue weighted by atomic mass is 9.92. The highest BCUT2D eigenvalue weighted by molar-refractivity contribution is 7.92. The Labute approximate surface area is 130 Å². The van der Waals surface area contributed by atoms with Gasteiger partial charge in [0, 0.05) is 5.69 Å². The van der Waals surface area contributed by atoms with E-state index in [4.69, 9.17) is 5.11 Å². The van der Waals surface area contributed by atoms with Crippen molar-refractivity contribution in [1.82, 2.24) is 0 Å². The molecule has 1 aliphatic rings. The highest BCUT2D eigenvalue weighted by Crippen LogP contribution is 2.25. The van der Waals surface area contributed by atoms with Crippen molar-refractivity contribution >= 4 is 15.7 Å². The van der Waals surface area contributed by atoms with Gasteiger partial charge in [0.2, 0.25) is 0 Å². The van der Waals surface area contributed by atoms with Crippen LogP contribution in [-0.2, 0) is 29.5 Å². The lowest BCUT2D eigenvalue weighted by Crippen LogP contribution is -2.14. The summed E-state index contributed by atoms with van der Waals surface area (Å²) >= 11 is 0. The third kappa shape index (κ3) is 3.15. The SMILES string of the molecule is O=S(=O)(Nc1cccc(CO)c1)c1ccc2c(c1)CCCC2. The number of aliphatic hydroxyl groups excluding tert-OH is 1. The fourth-order valence-electron chi connectivity index (χ4n) is 2.82. The zero-order valence-electron chi connectivity index (χ0n) is 12.2. The fraction of sp³-hybridized carbons (Fsp3) is 0.294. The average Bonchev–Trinajstić information content (AvgIpc) is 2.54. The molecule has 0 saturated carbocycles. The van der Waals surface area contributed by atoms with Crippen LogP contribution in [0.1, 0.15) is 29.5 Å². The van der Waals surface area contributed by atoms with Crippen molar-refractivity contribution in [2.24, 2.45) is 0 Å². The second kappa shape index (κ2) is 6.10. The van der Waals surface area contributed by atoms with Crippen LogP contribution in [-0.4, -0.2) is 13.5 Å². The van der Waals surface area contributed by atoms with Gasteiger partial charge < -0.3 is 5.11 Å². The molecular formula is C17H19NO3S. The van der Waals surface area contributed by atoms with Crippen LogP contribution in [0.3, 0.4) is 0 Å². The number of sulfonamides is 1. The lowest BCUT2D eigenvalue weighted by Gasteiger charge is -2.17. The first-order chi connectivity index (χ1) is 10.6. The topological polar surface area (TPSA) is 66.4 Å². The molecule has 1 aliphatic carbocycles. The van der Waals surface area contributed by atoms with Gasteiger partial charge in [-0.05, 0) is 66.6 Å². The molecule has 2 N–H and O–H groups in total. The number of aliphatic hydroxyl groups is 1. The van der Waals surface area contributed by atoms with Gasteiger partial charge in [-0.25, -0.2) is 8.42 Å². The molecule has 0 unspecified atom stereocenters.